The lowest BCUT2D eigenvalue weighted by atomic mass is 10.1. The number of aliphatic imine (C=N–C) groups is 1. The minimum Gasteiger partial charge on any atom is -0.381 e. The normalized spacial score (nSPS) is 21.1. The largest absolute Gasteiger partial charge is 0.382 e. The Morgan fingerprint density at radius 2 is 2.33 bits per heavy atom. The van der Waals surface area contributed by atoms with Crippen LogP contribution in [0.25, 0.3) is 0 Å². The first kappa shape index (κ1) is 15.8. The monoisotopic (exact) mass is 385 g/mol. The molecule has 104 valence electrons. The fourth-order valence-corrected chi connectivity index (χ4v) is 2.73. The quantitative estimate of drug-likeness (QED) is 0.181. The molecule has 1 fully saturated rings. The molecule has 0 radical (unpaired) electrons. The Labute approximate surface area is 123 Å². The van der Waals surface area contributed by atoms with Crippen molar-refractivity contribution in [3.8, 4) is 0 Å². The lowest BCUT2D eigenvalue weighted by Crippen LogP contribution is -2.46. The Kier molecular flexibility index (Phi) is 6.00. The van der Waals surface area contributed by atoms with E-state index in [2.05, 4.69) is 36.9 Å². The van der Waals surface area contributed by atoms with Crippen LogP contribution in [0.5, 0.6) is 0 Å². The van der Waals surface area contributed by atoms with Gasteiger partial charge in [0.1, 0.15) is 0 Å². The van der Waals surface area contributed by atoms with Gasteiger partial charge in [0.25, 0.3) is 0 Å². The Bertz CT molecular complexity index is 330. The third-order valence-corrected chi connectivity index (χ3v) is 4.01. The summed E-state index contributed by atoms with van der Waals surface area (Å²) < 4.78 is 3.78. The van der Waals surface area contributed by atoms with Gasteiger partial charge < -0.3 is 9.64 Å². The van der Waals surface area contributed by atoms with Gasteiger partial charge in [-0.1, -0.05) is 0 Å². The zero-order valence-corrected chi connectivity index (χ0v) is 13.6. The lowest BCUT2D eigenvalue weighted by Gasteiger charge is -2.27. The van der Waals surface area contributed by atoms with Gasteiger partial charge in [-0.05, 0) is 13.3 Å². The van der Waals surface area contributed by atoms with Crippen LogP contribution in [0.4, 0.5) is 0 Å². The first-order valence-corrected chi connectivity index (χ1v) is 7.34. The average molecular weight is 387 g/mol. The van der Waals surface area contributed by atoms with E-state index in [0.717, 1.165) is 13.0 Å². The number of halogens is 2. The van der Waals surface area contributed by atoms with Crippen molar-refractivity contribution in [2.24, 2.45) is 10.9 Å². The lowest BCUT2D eigenvalue weighted by molar-refractivity contribution is -0.486. The van der Waals surface area contributed by atoms with E-state index < -0.39 is 8.28 Å². The summed E-state index contributed by atoms with van der Waals surface area (Å²) in [7, 11) is 1.81. The summed E-state index contributed by atoms with van der Waals surface area (Å²) in [4.78, 5) is 16.7. The molecule has 0 saturated carbocycles. The fourth-order valence-electron chi connectivity index (χ4n) is 1.88. The van der Waals surface area contributed by atoms with Crippen LogP contribution in [0, 0.1) is 16.0 Å². The summed E-state index contributed by atoms with van der Waals surface area (Å²) in [6.45, 7) is 4.52. The molecule has 0 aromatic carbocycles. The molecule has 6 nitrogen and oxygen atoms in total. The number of hydrogen-bond acceptors (Lipinski definition) is 4. The fraction of sp³-hybridized carbons (Fsp3) is 0.900. The van der Waals surface area contributed by atoms with Gasteiger partial charge in [0.05, 0.1) is 11.5 Å². The number of alkyl halides is 2. The van der Waals surface area contributed by atoms with Gasteiger partial charge in [0.15, 0.2) is 0 Å². The first-order chi connectivity index (χ1) is 8.39. The van der Waals surface area contributed by atoms with Crippen LogP contribution in [-0.2, 0) is 4.74 Å². The minimum atomic E-state index is -1.52. The van der Waals surface area contributed by atoms with Gasteiger partial charge in [-0.15, -0.1) is 0 Å². The van der Waals surface area contributed by atoms with Crippen molar-refractivity contribution in [3.63, 3.8) is 0 Å². The van der Waals surface area contributed by atoms with Crippen molar-refractivity contribution in [1.29, 1.82) is 0 Å². The van der Waals surface area contributed by atoms with Crippen LogP contribution in [0.2, 0.25) is 0 Å². The van der Waals surface area contributed by atoms with E-state index in [4.69, 9.17) is 4.74 Å². The molecule has 0 spiro atoms. The van der Waals surface area contributed by atoms with Crippen LogP contribution in [0.1, 0.15) is 13.3 Å². The molecular weight excluding hydrogens is 370 g/mol. The van der Waals surface area contributed by atoms with Gasteiger partial charge in [-0.3, -0.25) is 15.1 Å². The van der Waals surface area contributed by atoms with Crippen LogP contribution >= 0.6 is 31.9 Å². The molecule has 0 aromatic rings. The van der Waals surface area contributed by atoms with E-state index >= 15 is 0 Å². The summed E-state index contributed by atoms with van der Waals surface area (Å²) in [6.07, 6.45) is 0.986. The highest BCUT2D eigenvalue weighted by atomic mass is 79.9. The Balaban J connectivity index is 2.78. The zero-order chi connectivity index (χ0) is 13.8. The Morgan fingerprint density at radius 3 is 2.78 bits per heavy atom. The number of hydrogen-bond donors (Lipinski definition) is 0. The SMILES string of the molecule is CCN=C(N(C)CC1CCOC1)C(Br)(Br)[N+](=O)[O-]. The molecule has 0 aliphatic carbocycles. The van der Waals surface area contributed by atoms with Crippen molar-refractivity contribution in [3.05, 3.63) is 10.1 Å². The first-order valence-electron chi connectivity index (χ1n) is 5.75. The number of amidine groups is 1. The third-order valence-electron chi connectivity index (χ3n) is 2.72. The molecule has 0 amide bonds. The van der Waals surface area contributed by atoms with E-state index in [-0.39, 0.29) is 0 Å². The summed E-state index contributed by atoms with van der Waals surface area (Å²) in [5.41, 5.74) is 0. The number of nitro groups is 1. The van der Waals surface area contributed by atoms with Gasteiger partial charge in [-0.2, -0.15) is 0 Å². The van der Waals surface area contributed by atoms with Crippen LogP contribution in [-0.4, -0.2) is 52.4 Å². The number of ether oxygens (including phenoxy) is 1. The molecule has 1 rings (SSSR count). The predicted octanol–water partition coefficient (Wildman–Crippen LogP) is 2.09. The molecule has 0 N–H and O–H groups in total. The number of rotatable bonds is 5. The Morgan fingerprint density at radius 1 is 1.67 bits per heavy atom. The second kappa shape index (κ2) is 6.81. The summed E-state index contributed by atoms with van der Waals surface area (Å²) in [5, 5.41) is 11.1. The van der Waals surface area contributed by atoms with Crippen molar-refractivity contribution >= 4 is 37.7 Å². The van der Waals surface area contributed by atoms with E-state index in [1.165, 1.54) is 0 Å². The highest BCUT2D eigenvalue weighted by Crippen LogP contribution is 2.30. The number of likely N-dealkylation sites (N-methyl/N-ethyl adjacent to an activating group) is 1. The standard InChI is InChI=1S/C10H17Br2N3O3/c1-3-13-9(10(11,12)15(16)17)14(2)6-8-4-5-18-7-8/h8H,3-7H2,1-2H3. The van der Waals surface area contributed by atoms with Crippen LogP contribution < -0.4 is 0 Å². The molecule has 1 aliphatic heterocycles. The third kappa shape index (κ3) is 3.89. The van der Waals surface area contributed by atoms with Crippen molar-refractivity contribution in [1.82, 2.24) is 4.90 Å². The van der Waals surface area contributed by atoms with Gasteiger partial charge >= 0.3 is 3.36 Å². The molecular formula is C10H17Br2N3O3. The summed E-state index contributed by atoms with van der Waals surface area (Å²) in [6, 6.07) is 0. The highest BCUT2D eigenvalue weighted by Gasteiger charge is 2.45. The van der Waals surface area contributed by atoms with E-state index in [9.17, 15) is 10.1 Å². The minimum absolute atomic E-state index is 0.377. The molecule has 8 heteroatoms. The predicted molar refractivity (Wildman–Crippen MR) is 77.1 cm³/mol. The van der Waals surface area contributed by atoms with Crippen LogP contribution in [0.3, 0.4) is 0 Å². The second-order valence-corrected chi connectivity index (χ2v) is 7.57. The molecule has 1 aliphatic rings. The molecule has 1 saturated heterocycles. The Hall–Kier alpha value is -0.210. The molecule has 0 aromatic heterocycles. The average Bonchev–Trinajstić information content (AvgIpc) is 2.77. The van der Waals surface area contributed by atoms with Crippen molar-refractivity contribution in [2.75, 3.05) is 33.4 Å². The molecule has 18 heavy (non-hydrogen) atoms. The van der Waals surface area contributed by atoms with Gasteiger partial charge in [0, 0.05) is 64.5 Å². The van der Waals surface area contributed by atoms with Gasteiger partial charge in [0.2, 0.25) is 5.84 Å². The van der Waals surface area contributed by atoms with E-state index in [0.29, 0.717) is 31.4 Å². The molecule has 1 unspecified atom stereocenters. The van der Waals surface area contributed by atoms with Crippen LogP contribution in [0.15, 0.2) is 4.99 Å². The molecule has 0 bridgehead atoms. The maximum absolute atomic E-state index is 11.1. The highest BCUT2D eigenvalue weighted by molar-refractivity contribution is 9.25. The maximum Gasteiger partial charge on any atom is 0.382 e. The van der Waals surface area contributed by atoms with Gasteiger partial charge in [-0.25, -0.2) is 0 Å². The number of nitrogens with zero attached hydrogens (tertiary/aromatic N) is 3. The maximum atomic E-state index is 11.1. The van der Waals surface area contributed by atoms with E-state index in [1.54, 1.807) is 0 Å². The summed E-state index contributed by atoms with van der Waals surface area (Å²) >= 11 is 6.16. The smallest absolute Gasteiger partial charge is 0.381 e. The van der Waals surface area contributed by atoms with Crippen molar-refractivity contribution in [2.45, 2.75) is 16.7 Å². The zero-order valence-electron chi connectivity index (χ0n) is 10.4. The second-order valence-electron chi connectivity index (χ2n) is 4.21. The molecule has 1 atom stereocenters. The topological polar surface area (TPSA) is 68.0 Å². The summed E-state index contributed by atoms with van der Waals surface area (Å²) in [5.74, 6) is 0.779. The molecule has 1 heterocycles. The van der Waals surface area contributed by atoms with E-state index in [1.807, 2.05) is 18.9 Å². The van der Waals surface area contributed by atoms with Crippen molar-refractivity contribution < 1.29 is 9.66 Å².